The number of anilines is 6. The van der Waals surface area contributed by atoms with Crippen LogP contribution in [0.15, 0.2) is 264 Å². The molecule has 0 bridgehead atoms. The lowest BCUT2D eigenvalue weighted by Gasteiger charge is -2.27. The van der Waals surface area contributed by atoms with Gasteiger partial charge in [-0.05, 0) is 65.0 Å². The first kappa shape index (κ1) is 41.4. The number of hydrogen-bond acceptors (Lipinski definition) is 5. The Kier molecular flexibility index (Phi) is 9.41. The van der Waals surface area contributed by atoms with Crippen LogP contribution in [0.5, 0.6) is 0 Å². The average Bonchev–Trinajstić information content (AvgIpc) is 4.17. The normalized spacial score (nSPS) is 11.8. The zero-order valence-electron chi connectivity index (χ0n) is 39.4. The van der Waals surface area contributed by atoms with Crippen LogP contribution in [0.2, 0.25) is 0 Å². The monoisotopic (exact) mass is 950 g/mol. The van der Waals surface area contributed by atoms with E-state index in [1.165, 1.54) is 30.9 Å². The summed E-state index contributed by atoms with van der Waals surface area (Å²) in [6, 6.07) is 91.3. The molecular formula is C68H42N2O2S. The van der Waals surface area contributed by atoms with Gasteiger partial charge in [-0.25, -0.2) is 0 Å². The Balaban J connectivity index is 0.985. The molecule has 0 amide bonds. The van der Waals surface area contributed by atoms with E-state index in [2.05, 4.69) is 265 Å². The van der Waals surface area contributed by atoms with Gasteiger partial charge in [-0.15, -0.1) is 11.3 Å². The predicted octanol–water partition coefficient (Wildman–Crippen LogP) is 20.4. The highest BCUT2D eigenvalue weighted by molar-refractivity contribution is 7.27. The summed E-state index contributed by atoms with van der Waals surface area (Å²) in [6.45, 7) is 0. The molecule has 12 aromatic carbocycles. The molecule has 0 fully saturated rings. The Morgan fingerprint density at radius 1 is 0.274 bits per heavy atom. The van der Waals surface area contributed by atoms with Gasteiger partial charge in [0.15, 0.2) is 11.2 Å². The van der Waals surface area contributed by atoms with E-state index in [0.717, 1.165) is 111 Å². The summed E-state index contributed by atoms with van der Waals surface area (Å²) in [6.07, 6.45) is 0. The summed E-state index contributed by atoms with van der Waals surface area (Å²) in [5.41, 5.74) is 14.1. The van der Waals surface area contributed by atoms with Crippen LogP contribution in [-0.2, 0) is 0 Å². The molecule has 0 aliphatic heterocycles. The first-order valence-electron chi connectivity index (χ1n) is 24.7. The van der Waals surface area contributed by atoms with E-state index in [1.807, 2.05) is 11.3 Å². The van der Waals surface area contributed by atoms with Gasteiger partial charge in [-0.2, -0.15) is 0 Å². The van der Waals surface area contributed by atoms with Crippen LogP contribution in [0.25, 0.3) is 108 Å². The molecule has 0 atom stereocenters. The van der Waals surface area contributed by atoms with Crippen molar-refractivity contribution in [2.24, 2.45) is 0 Å². The standard InChI is InChI=1S/C68H42N2O2S/c1-5-21-43(22-6-1)47-33-17-35-52-54-37-19-39-58(66(54)71-64(47)52)69(45-25-9-3-10-26-45)60-41-57-63-51-31-15-13-29-49(51)61(42-62(63)73-68(57)56-32-16-14-30-50(56)60)70(46-27-11-4-12-28-46)59-40-20-38-55-53-36-18-34-48(65(53)72-67(55)59)44-23-7-2-8-24-44/h1-42H. The van der Waals surface area contributed by atoms with E-state index in [4.69, 9.17) is 8.83 Å². The number of benzene rings is 12. The van der Waals surface area contributed by atoms with Crippen molar-refractivity contribution < 1.29 is 8.83 Å². The van der Waals surface area contributed by atoms with Crippen molar-refractivity contribution in [3.63, 3.8) is 0 Å². The van der Waals surface area contributed by atoms with Crippen LogP contribution in [0, 0.1) is 0 Å². The Morgan fingerprint density at radius 2 is 0.658 bits per heavy atom. The Labute approximate surface area is 424 Å². The quantitative estimate of drug-likeness (QED) is 0.152. The molecule has 0 radical (unpaired) electrons. The molecular weight excluding hydrogens is 909 g/mol. The van der Waals surface area contributed by atoms with Gasteiger partial charge in [0.2, 0.25) is 0 Å². The Morgan fingerprint density at radius 3 is 1.16 bits per heavy atom. The third-order valence-corrected chi connectivity index (χ3v) is 15.8. The average molecular weight is 951 g/mol. The largest absolute Gasteiger partial charge is 0.453 e. The van der Waals surface area contributed by atoms with Crippen LogP contribution in [0.3, 0.4) is 0 Å². The van der Waals surface area contributed by atoms with Gasteiger partial charge in [0, 0.05) is 80.4 Å². The molecule has 4 nitrogen and oxygen atoms in total. The van der Waals surface area contributed by atoms with Crippen molar-refractivity contribution in [2.75, 3.05) is 9.80 Å². The minimum Gasteiger partial charge on any atom is -0.453 e. The van der Waals surface area contributed by atoms with Crippen molar-refractivity contribution in [1.82, 2.24) is 0 Å². The van der Waals surface area contributed by atoms with Crippen molar-refractivity contribution >= 4 is 131 Å². The highest BCUT2D eigenvalue weighted by atomic mass is 32.1. The van der Waals surface area contributed by atoms with Crippen molar-refractivity contribution in [1.29, 1.82) is 0 Å². The van der Waals surface area contributed by atoms with Gasteiger partial charge in [0.05, 0.1) is 22.7 Å². The van der Waals surface area contributed by atoms with Crippen LogP contribution in [0.4, 0.5) is 34.1 Å². The van der Waals surface area contributed by atoms with Crippen LogP contribution < -0.4 is 9.80 Å². The van der Waals surface area contributed by atoms with Crippen LogP contribution in [-0.4, -0.2) is 0 Å². The van der Waals surface area contributed by atoms with Crippen LogP contribution >= 0.6 is 11.3 Å². The number of fused-ring (bicyclic) bond motifs is 13. The number of para-hydroxylation sites is 6. The molecule has 3 heterocycles. The van der Waals surface area contributed by atoms with E-state index in [0.29, 0.717) is 0 Å². The highest BCUT2D eigenvalue weighted by Crippen LogP contribution is 2.53. The topological polar surface area (TPSA) is 32.8 Å². The van der Waals surface area contributed by atoms with E-state index >= 15 is 0 Å². The molecule has 3 aromatic heterocycles. The molecule has 0 spiro atoms. The molecule has 0 aliphatic carbocycles. The van der Waals surface area contributed by atoms with Gasteiger partial charge >= 0.3 is 0 Å². The maximum absolute atomic E-state index is 7.13. The first-order valence-corrected chi connectivity index (χ1v) is 25.6. The van der Waals surface area contributed by atoms with Gasteiger partial charge < -0.3 is 18.6 Å². The summed E-state index contributed by atoms with van der Waals surface area (Å²) < 4.78 is 16.7. The second-order valence-corrected chi connectivity index (χ2v) is 19.7. The van der Waals surface area contributed by atoms with Crippen molar-refractivity contribution in [3.8, 4) is 22.3 Å². The fraction of sp³-hybridized carbons (Fsp3) is 0. The lowest BCUT2D eigenvalue weighted by molar-refractivity contribution is 0.670. The zero-order valence-corrected chi connectivity index (χ0v) is 40.2. The summed E-state index contributed by atoms with van der Waals surface area (Å²) in [5.74, 6) is 0. The van der Waals surface area contributed by atoms with Crippen molar-refractivity contribution in [2.45, 2.75) is 0 Å². The molecule has 0 saturated carbocycles. The number of thiophene rings is 1. The predicted molar refractivity (Wildman–Crippen MR) is 309 cm³/mol. The third kappa shape index (κ3) is 6.46. The Hall–Kier alpha value is -9.42. The summed E-state index contributed by atoms with van der Waals surface area (Å²) in [4.78, 5) is 4.81. The van der Waals surface area contributed by atoms with E-state index in [1.54, 1.807) is 0 Å². The SMILES string of the molecule is c1ccc(-c2cccc3c2oc2c(N(c4ccccc4)c4cc5c(sc6cc(N(c7ccccc7)c7cccc8c7oc7c(-c9ccccc9)cccc78)c7ccccc7c65)c5ccccc45)cccc23)cc1. The minimum atomic E-state index is 0.843. The number of rotatable bonds is 8. The minimum absolute atomic E-state index is 0.843. The van der Waals surface area contributed by atoms with Crippen molar-refractivity contribution in [3.05, 3.63) is 255 Å². The Bertz CT molecular complexity index is 4620. The molecule has 5 heteroatoms. The molecule has 0 unspecified atom stereocenters. The van der Waals surface area contributed by atoms with E-state index in [-0.39, 0.29) is 0 Å². The molecule has 342 valence electrons. The lowest BCUT2D eigenvalue weighted by Crippen LogP contribution is -2.11. The first-order chi connectivity index (χ1) is 36.2. The fourth-order valence-electron chi connectivity index (χ4n) is 11.4. The summed E-state index contributed by atoms with van der Waals surface area (Å²) in [7, 11) is 0. The third-order valence-electron chi connectivity index (χ3n) is 14.6. The number of furan rings is 2. The van der Waals surface area contributed by atoms with Gasteiger partial charge in [-0.3, -0.25) is 0 Å². The van der Waals surface area contributed by atoms with E-state index in [9.17, 15) is 0 Å². The second-order valence-electron chi connectivity index (χ2n) is 18.7. The molecule has 15 aromatic rings. The van der Waals surface area contributed by atoms with Gasteiger partial charge in [0.25, 0.3) is 0 Å². The molecule has 15 rings (SSSR count). The number of hydrogen-bond donors (Lipinski definition) is 0. The molecule has 0 N–H and O–H groups in total. The lowest BCUT2D eigenvalue weighted by atomic mass is 9.97. The summed E-state index contributed by atoms with van der Waals surface area (Å²) in [5, 5.41) is 11.5. The fourth-order valence-corrected chi connectivity index (χ4v) is 12.7. The zero-order chi connectivity index (χ0) is 48.0. The van der Waals surface area contributed by atoms with Gasteiger partial charge in [-0.1, -0.05) is 206 Å². The summed E-state index contributed by atoms with van der Waals surface area (Å²) >= 11 is 1.86. The van der Waals surface area contributed by atoms with Crippen LogP contribution in [0.1, 0.15) is 0 Å². The number of nitrogens with zero attached hydrogens (tertiary/aromatic N) is 2. The van der Waals surface area contributed by atoms with Gasteiger partial charge in [0.1, 0.15) is 11.2 Å². The maximum Gasteiger partial charge on any atom is 0.159 e. The maximum atomic E-state index is 7.13. The second kappa shape index (κ2) is 16.6. The smallest absolute Gasteiger partial charge is 0.159 e. The molecule has 0 saturated heterocycles. The molecule has 0 aliphatic rings. The highest BCUT2D eigenvalue weighted by Gasteiger charge is 2.27. The van der Waals surface area contributed by atoms with E-state index < -0.39 is 0 Å². The molecule has 73 heavy (non-hydrogen) atoms.